The topological polar surface area (TPSA) is 82.7 Å². The highest BCUT2D eigenvalue weighted by atomic mass is 19.1. The average Bonchev–Trinajstić information content (AvgIpc) is 3.45. The van der Waals surface area contributed by atoms with Gasteiger partial charge in [0, 0.05) is 43.9 Å². The predicted molar refractivity (Wildman–Crippen MR) is 128 cm³/mol. The van der Waals surface area contributed by atoms with Gasteiger partial charge in [0.15, 0.2) is 0 Å². The molecule has 0 atom stereocenters. The van der Waals surface area contributed by atoms with Gasteiger partial charge in [0.1, 0.15) is 17.2 Å². The van der Waals surface area contributed by atoms with Gasteiger partial charge < -0.3 is 25.6 Å². The number of anilines is 1. The van der Waals surface area contributed by atoms with E-state index in [-0.39, 0.29) is 11.9 Å². The van der Waals surface area contributed by atoms with Crippen LogP contribution in [0.2, 0.25) is 0 Å². The Bertz CT molecular complexity index is 1220. The smallest absolute Gasteiger partial charge is 0.317 e. The van der Waals surface area contributed by atoms with Gasteiger partial charge in [0.05, 0.1) is 11.3 Å². The molecule has 3 N–H and O–H groups in total. The van der Waals surface area contributed by atoms with Crippen molar-refractivity contribution < 1.29 is 18.7 Å². The molecule has 0 radical (unpaired) electrons. The molecule has 0 bridgehead atoms. The first-order valence-electron chi connectivity index (χ1n) is 11.4. The van der Waals surface area contributed by atoms with Crippen LogP contribution in [0.5, 0.6) is 0 Å². The number of amides is 3. The van der Waals surface area contributed by atoms with Crippen molar-refractivity contribution in [2.24, 2.45) is 0 Å². The van der Waals surface area contributed by atoms with E-state index in [1.54, 1.807) is 11.0 Å². The molecule has 5 rings (SSSR count). The van der Waals surface area contributed by atoms with Crippen molar-refractivity contribution in [3.63, 3.8) is 0 Å². The van der Waals surface area contributed by atoms with E-state index in [2.05, 4.69) is 28.1 Å². The van der Waals surface area contributed by atoms with Crippen LogP contribution in [0, 0.1) is 5.82 Å². The quantitative estimate of drug-likeness (QED) is 0.453. The Labute approximate surface area is 197 Å². The highest BCUT2D eigenvalue weighted by Crippen LogP contribution is 2.44. The molecule has 0 spiro atoms. The molecule has 34 heavy (non-hydrogen) atoms. The van der Waals surface area contributed by atoms with E-state index in [1.807, 2.05) is 32.1 Å². The summed E-state index contributed by atoms with van der Waals surface area (Å²) in [5, 5.41) is 8.90. The number of urea groups is 1. The van der Waals surface area contributed by atoms with Crippen molar-refractivity contribution in [2.45, 2.75) is 26.0 Å². The van der Waals surface area contributed by atoms with Gasteiger partial charge in [-0.3, -0.25) is 4.79 Å². The molecule has 2 aromatic rings. The van der Waals surface area contributed by atoms with E-state index >= 15 is 0 Å². The Morgan fingerprint density at radius 2 is 1.94 bits per heavy atom. The number of halogens is 1. The molecule has 3 aliphatic rings. The van der Waals surface area contributed by atoms with Crippen molar-refractivity contribution in [2.75, 3.05) is 31.5 Å². The largest absolute Gasteiger partial charge is 0.482 e. The van der Waals surface area contributed by atoms with Gasteiger partial charge >= 0.3 is 6.03 Å². The summed E-state index contributed by atoms with van der Waals surface area (Å²) in [7, 11) is 0. The zero-order chi connectivity index (χ0) is 23.9. The third kappa shape index (κ3) is 4.17. The second-order valence-corrected chi connectivity index (χ2v) is 9.15. The Hall–Kier alpha value is -3.65. The van der Waals surface area contributed by atoms with Crippen molar-refractivity contribution in [1.82, 2.24) is 15.5 Å². The molecule has 7 nitrogen and oxygen atoms in total. The van der Waals surface area contributed by atoms with Gasteiger partial charge in [0.2, 0.25) is 0 Å². The number of allylic oxidation sites excluding steroid dienone is 1. The normalized spacial score (nSPS) is 20.7. The average molecular weight is 463 g/mol. The minimum absolute atomic E-state index is 0.000833. The summed E-state index contributed by atoms with van der Waals surface area (Å²) in [4.78, 5) is 26.0. The Morgan fingerprint density at radius 3 is 2.68 bits per heavy atom. The van der Waals surface area contributed by atoms with E-state index in [4.69, 9.17) is 4.74 Å². The van der Waals surface area contributed by atoms with Gasteiger partial charge in [-0.05, 0) is 49.2 Å². The van der Waals surface area contributed by atoms with Crippen molar-refractivity contribution in [3.05, 3.63) is 76.8 Å². The Balaban J connectivity index is 1.30. The molecule has 1 saturated heterocycles. The third-order valence-electron chi connectivity index (χ3n) is 6.36. The Morgan fingerprint density at radius 1 is 1.15 bits per heavy atom. The van der Waals surface area contributed by atoms with E-state index in [1.165, 1.54) is 12.1 Å². The lowest BCUT2D eigenvalue weighted by atomic mass is 9.91. The van der Waals surface area contributed by atoms with Crippen LogP contribution in [0.3, 0.4) is 0 Å². The lowest BCUT2D eigenvalue weighted by Crippen LogP contribution is -2.34. The van der Waals surface area contributed by atoms with Gasteiger partial charge in [0.25, 0.3) is 5.91 Å². The number of hydrogen-bond donors (Lipinski definition) is 3. The molecule has 0 aliphatic carbocycles. The van der Waals surface area contributed by atoms with E-state index in [0.717, 1.165) is 29.8 Å². The van der Waals surface area contributed by atoms with Crippen LogP contribution in [0.15, 0.2) is 54.3 Å². The minimum atomic E-state index is -0.624. The number of rotatable bonds is 6. The number of nitrogens with zero attached hydrogens (tertiary/aromatic N) is 1. The summed E-state index contributed by atoms with van der Waals surface area (Å²) < 4.78 is 19.8. The number of nitrogens with one attached hydrogen (secondary N) is 3. The van der Waals surface area contributed by atoms with Crippen LogP contribution >= 0.6 is 0 Å². The van der Waals surface area contributed by atoms with Crippen LogP contribution in [-0.2, 0) is 16.1 Å². The molecule has 1 fully saturated rings. The summed E-state index contributed by atoms with van der Waals surface area (Å²) in [6.45, 7) is 7.52. The van der Waals surface area contributed by atoms with Gasteiger partial charge in [-0.1, -0.05) is 24.3 Å². The fourth-order valence-electron chi connectivity index (χ4n) is 4.58. The van der Waals surface area contributed by atoms with Crippen molar-refractivity contribution in [3.8, 4) is 0 Å². The van der Waals surface area contributed by atoms with Crippen LogP contribution in [-0.4, -0.2) is 48.6 Å². The van der Waals surface area contributed by atoms with E-state index in [9.17, 15) is 14.0 Å². The monoisotopic (exact) mass is 462 g/mol. The van der Waals surface area contributed by atoms with E-state index < -0.39 is 11.4 Å². The standard InChI is InChI=1S/C26H27FN4O3/c1-26(2)20(14-22(34-26)23-19-8-7-18(27)13-21(19)30-24(23)32)17-5-3-16(4-6-17)15-28-9-11-31-12-10-29-25(31)33/h3-8,13-14,28H,9-12,15H2,1-2H3,(H,29,33)(H,30,32)/b23-22+. The molecular weight excluding hydrogens is 435 g/mol. The fourth-order valence-corrected chi connectivity index (χ4v) is 4.58. The molecule has 0 unspecified atom stereocenters. The van der Waals surface area contributed by atoms with Gasteiger partial charge in [-0.2, -0.15) is 0 Å². The molecule has 0 saturated carbocycles. The number of benzene rings is 2. The number of carbonyl (C=O) groups is 2. The summed E-state index contributed by atoms with van der Waals surface area (Å²) in [5.74, 6) is -0.207. The zero-order valence-electron chi connectivity index (χ0n) is 19.2. The first-order chi connectivity index (χ1) is 16.3. The zero-order valence-corrected chi connectivity index (χ0v) is 19.2. The maximum Gasteiger partial charge on any atom is 0.317 e. The first kappa shape index (κ1) is 22.2. The lowest BCUT2D eigenvalue weighted by molar-refractivity contribution is -0.111. The van der Waals surface area contributed by atoms with Crippen LogP contribution in [0.1, 0.15) is 30.5 Å². The first-order valence-corrected chi connectivity index (χ1v) is 11.4. The molecule has 3 heterocycles. The molecule has 8 heteroatoms. The fraction of sp³-hybridized carbons (Fsp3) is 0.308. The third-order valence-corrected chi connectivity index (χ3v) is 6.36. The summed E-state index contributed by atoms with van der Waals surface area (Å²) in [6.07, 6.45) is 1.90. The molecule has 176 valence electrons. The molecule has 3 aliphatic heterocycles. The van der Waals surface area contributed by atoms with Gasteiger partial charge in [-0.25, -0.2) is 9.18 Å². The summed E-state index contributed by atoms with van der Waals surface area (Å²) >= 11 is 0. The predicted octanol–water partition coefficient (Wildman–Crippen LogP) is 3.50. The van der Waals surface area contributed by atoms with Crippen molar-refractivity contribution in [1.29, 1.82) is 0 Å². The van der Waals surface area contributed by atoms with Crippen LogP contribution in [0.4, 0.5) is 14.9 Å². The Kier molecular flexibility index (Phi) is 5.61. The number of ether oxygens (including phenoxy) is 1. The second kappa shape index (κ2) is 8.61. The van der Waals surface area contributed by atoms with Crippen LogP contribution in [0.25, 0.3) is 11.1 Å². The van der Waals surface area contributed by atoms with E-state index in [0.29, 0.717) is 42.2 Å². The molecular formula is C26H27FN4O3. The number of fused-ring (bicyclic) bond motifs is 1. The molecule has 3 amide bonds. The van der Waals surface area contributed by atoms with Gasteiger partial charge in [-0.15, -0.1) is 0 Å². The number of carbonyl (C=O) groups excluding carboxylic acids is 2. The SMILES string of the molecule is CC1(C)O/C(=C2/C(=O)Nc3cc(F)ccc32)C=C1c1ccc(CNCCN2CCNC2=O)cc1. The molecule has 2 aromatic carbocycles. The summed E-state index contributed by atoms with van der Waals surface area (Å²) in [5.41, 5.74) is 4.01. The second-order valence-electron chi connectivity index (χ2n) is 9.15. The number of hydrogen-bond acceptors (Lipinski definition) is 4. The minimum Gasteiger partial charge on any atom is -0.482 e. The maximum atomic E-state index is 13.6. The molecule has 0 aromatic heterocycles. The summed E-state index contributed by atoms with van der Waals surface area (Å²) in [6, 6.07) is 12.5. The maximum absolute atomic E-state index is 13.6. The lowest BCUT2D eigenvalue weighted by Gasteiger charge is -2.23. The van der Waals surface area contributed by atoms with Crippen LogP contribution < -0.4 is 16.0 Å². The highest BCUT2D eigenvalue weighted by Gasteiger charge is 2.38. The van der Waals surface area contributed by atoms with Crippen molar-refractivity contribution >= 4 is 28.8 Å². The highest BCUT2D eigenvalue weighted by molar-refractivity contribution is 6.32.